The number of methoxy groups -OCH3 is 2. The Morgan fingerprint density at radius 3 is 2.48 bits per heavy atom. The number of piperidine rings is 1. The number of ether oxygens (including phenoxy) is 4. The summed E-state index contributed by atoms with van der Waals surface area (Å²) in [5, 5.41) is 0. The van der Waals surface area contributed by atoms with E-state index in [2.05, 4.69) is 37.8 Å². The van der Waals surface area contributed by atoms with Gasteiger partial charge in [0.05, 0.1) is 20.3 Å². The minimum Gasteiger partial charge on any atom is -0.493 e. The maximum atomic E-state index is 6.51. The van der Waals surface area contributed by atoms with Crippen molar-refractivity contribution in [3.63, 3.8) is 0 Å². The van der Waals surface area contributed by atoms with Gasteiger partial charge in [-0.2, -0.15) is 0 Å². The zero-order valence-electron chi connectivity index (χ0n) is 20.3. The van der Waals surface area contributed by atoms with Gasteiger partial charge in [0.15, 0.2) is 11.5 Å². The molecule has 1 saturated heterocycles. The highest BCUT2D eigenvalue weighted by Crippen LogP contribution is 2.44. The first kappa shape index (κ1) is 24.3. The summed E-state index contributed by atoms with van der Waals surface area (Å²) in [5.41, 5.74) is 2.78. The summed E-state index contributed by atoms with van der Waals surface area (Å²) in [5.74, 6) is 2.94. The lowest BCUT2D eigenvalue weighted by atomic mass is 9.79. The molecule has 3 rings (SSSR count). The summed E-state index contributed by atoms with van der Waals surface area (Å²) < 4.78 is 23.4. The Morgan fingerprint density at radius 2 is 1.77 bits per heavy atom. The molecular formula is C26H43NO4. The molecule has 2 aliphatic heterocycles. The van der Waals surface area contributed by atoms with E-state index in [1.54, 1.807) is 14.2 Å². The Kier molecular flexibility index (Phi) is 9.48. The molecule has 0 saturated carbocycles. The van der Waals surface area contributed by atoms with E-state index in [4.69, 9.17) is 18.9 Å². The zero-order valence-corrected chi connectivity index (χ0v) is 20.3. The van der Waals surface area contributed by atoms with Crippen molar-refractivity contribution in [1.29, 1.82) is 0 Å². The Labute approximate surface area is 189 Å². The van der Waals surface area contributed by atoms with Gasteiger partial charge in [-0.25, -0.2) is 0 Å². The summed E-state index contributed by atoms with van der Waals surface area (Å²) >= 11 is 0. The molecule has 0 radical (unpaired) electrons. The van der Waals surface area contributed by atoms with Gasteiger partial charge in [-0.1, -0.05) is 27.2 Å². The largest absolute Gasteiger partial charge is 0.493 e. The first-order valence-corrected chi connectivity index (χ1v) is 12.3. The van der Waals surface area contributed by atoms with Gasteiger partial charge in [0, 0.05) is 39.0 Å². The third-order valence-electron chi connectivity index (χ3n) is 6.75. The summed E-state index contributed by atoms with van der Waals surface area (Å²) in [7, 11) is 3.44. The van der Waals surface area contributed by atoms with Crippen LogP contribution in [0.1, 0.15) is 70.0 Å². The molecule has 0 aromatic heterocycles. The van der Waals surface area contributed by atoms with Crippen LogP contribution in [0.25, 0.3) is 0 Å². The fourth-order valence-electron chi connectivity index (χ4n) is 5.19. The standard InChI is InChI=1S/C26H43NO4/c1-6-7-11-30-12-8-13-31-24-17-23-22-16-26(29-5)25(28-4)15-20(22)9-10-27(23)18-21(24)14-19(2)3/h15-16,19,21,23-24H,6-14,17-18H2,1-5H3/t21-,23-,24-/m1/s1. The molecule has 2 aliphatic rings. The van der Waals surface area contributed by atoms with E-state index in [0.717, 1.165) is 70.1 Å². The van der Waals surface area contributed by atoms with Crippen LogP contribution in [0, 0.1) is 11.8 Å². The van der Waals surface area contributed by atoms with Crippen molar-refractivity contribution in [2.24, 2.45) is 11.8 Å². The van der Waals surface area contributed by atoms with Gasteiger partial charge in [-0.15, -0.1) is 0 Å². The average molecular weight is 434 g/mol. The fourth-order valence-corrected chi connectivity index (χ4v) is 5.19. The van der Waals surface area contributed by atoms with Crippen LogP contribution >= 0.6 is 0 Å². The Bertz CT molecular complexity index is 678. The molecule has 31 heavy (non-hydrogen) atoms. The maximum Gasteiger partial charge on any atom is 0.161 e. The minimum atomic E-state index is 0.304. The summed E-state index contributed by atoms with van der Waals surface area (Å²) in [6.07, 6.45) is 6.96. The molecular weight excluding hydrogens is 390 g/mol. The molecule has 1 aromatic carbocycles. The number of benzene rings is 1. The van der Waals surface area contributed by atoms with Crippen LogP contribution in [0.5, 0.6) is 11.5 Å². The van der Waals surface area contributed by atoms with Crippen LogP contribution in [-0.2, 0) is 15.9 Å². The van der Waals surface area contributed by atoms with E-state index in [0.29, 0.717) is 24.0 Å². The second kappa shape index (κ2) is 12.1. The Morgan fingerprint density at radius 1 is 1.03 bits per heavy atom. The van der Waals surface area contributed by atoms with Crippen molar-refractivity contribution in [2.75, 3.05) is 47.1 Å². The maximum absolute atomic E-state index is 6.51. The second-order valence-corrected chi connectivity index (χ2v) is 9.52. The smallest absolute Gasteiger partial charge is 0.161 e. The number of hydrogen-bond donors (Lipinski definition) is 0. The van der Waals surface area contributed by atoms with Gasteiger partial charge in [-0.3, -0.25) is 4.90 Å². The van der Waals surface area contributed by atoms with Crippen LogP contribution in [0.15, 0.2) is 12.1 Å². The molecule has 5 heteroatoms. The lowest BCUT2D eigenvalue weighted by molar-refractivity contribution is -0.0678. The van der Waals surface area contributed by atoms with Crippen molar-refractivity contribution in [2.45, 2.75) is 71.4 Å². The van der Waals surface area contributed by atoms with Crippen LogP contribution in [0.2, 0.25) is 0 Å². The van der Waals surface area contributed by atoms with E-state index >= 15 is 0 Å². The van der Waals surface area contributed by atoms with Gasteiger partial charge < -0.3 is 18.9 Å². The lowest BCUT2D eigenvalue weighted by Gasteiger charge is -2.47. The topological polar surface area (TPSA) is 40.2 Å². The molecule has 176 valence electrons. The Balaban J connectivity index is 1.68. The van der Waals surface area contributed by atoms with Crippen molar-refractivity contribution >= 4 is 0 Å². The van der Waals surface area contributed by atoms with Crippen LogP contribution in [0.3, 0.4) is 0 Å². The molecule has 0 bridgehead atoms. The van der Waals surface area contributed by atoms with Crippen molar-refractivity contribution in [3.05, 3.63) is 23.3 Å². The van der Waals surface area contributed by atoms with E-state index in [-0.39, 0.29) is 0 Å². The molecule has 2 heterocycles. The number of rotatable bonds is 12. The first-order valence-electron chi connectivity index (χ1n) is 12.3. The van der Waals surface area contributed by atoms with E-state index in [1.165, 1.54) is 24.0 Å². The number of fused-ring (bicyclic) bond motifs is 3. The normalized spacial score (nSPS) is 23.5. The number of unbranched alkanes of at least 4 members (excludes halogenated alkanes) is 1. The minimum absolute atomic E-state index is 0.304. The predicted molar refractivity (Wildman–Crippen MR) is 125 cm³/mol. The quantitative estimate of drug-likeness (QED) is 0.421. The summed E-state index contributed by atoms with van der Waals surface area (Å²) in [4.78, 5) is 2.68. The van der Waals surface area contributed by atoms with Gasteiger partial charge in [0.1, 0.15) is 0 Å². The second-order valence-electron chi connectivity index (χ2n) is 9.52. The lowest BCUT2D eigenvalue weighted by Crippen LogP contribution is -2.49. The number of hydrogen-bond acceptors (Lipinski definition) is 5. The summed E-state index contributed by atoms with van der Waals surface area (Å²) in [6, 6.07) is 4.78. The third kappa shape index (κ3) is 6.36. The molecule has 1 fully saturated rings. The predicted octanol–water partition coefficient (Wildman–Crippen LogP) is 5.26. The monoisotopic (exact) mass is 433 g/mol. The molecule has 0 unspecified atom stereocenters. The van der Waals surface area contributed by atoms with Crippen molar-refractivity contribution in [1.82, 2.24) is 4.90 Å². The summed E-state index contributed by atoms with van der Waals surface area (Å²) in [6.45, 7) is 11.5. The van der Waals surface area contributed by atoms with Crippen LogP contribution in [0.4, 0.5) is 0 Å². The van der Waals surface area contributed by atoms with Gasteiger partial charge >= 0.3 is 0 Å². The van der Waals surface area contributed by atoms with Crippen LogP contribution < -0.4 is 9.47 Å². The SMILES string of the molecule is CCCCOCCCO[C@@H]1C[C@@H]2c3cc(OC)c(OC)cc3CCN2C[C@H]1CC(C)C. The van der Waals surface area contributed by atoms with E-state index in [1.807, 2.05) is 0 Å². The van der Waals surface area contributed by atoms with Gasteiger partial charge in [-0.05, 0) is 67.2 Å². The average Bonchev–Trinajstić information content (AvgIpc) is 2.77. The first-order chi connectivity index (χ1) is 15.1. The van der Waals surface area contributed by atoms with Gasteiger partial charge in [0.25, 0.3) is 0 Å². The van der Waals surface area contributed by atoms with Crippen molar-refractivity contribution in [3.8, 4) is 11.5 Å². The highest BCUT2D eigenvalue weighted by molar-refractivity contribution is 5.49. The molecule has 1 aromatic rings. The third-order valence-corrected chi connectivity index (χ3v) is 6.75. The highest BCUT2D eigenvalue weighted by atomic mass is 16.5. The zero-order chi connectivity index (χ0) is 22.2. The van der Waals surface area contributed by atoms with Crippen molar-refractivity contribution < 1.29 is 18.9 Å². The van der Waals surface area contributed by atoms with Gasteiger partial charge in [0.2, 0.25) is 0 Å². The molecule has 0 aliphatic carbocycles. The molecule has 3 atom stereocenters. The number of nitrogens with zero attached hydrogens (tertiary/aromatic N) is 1. The van der Waals surface area contributed by atoms with Crippen LogP contribution in [-0.4, -0.2) is 58.1 Å². The molecule has 0 N–H and O–H groups in total. The highest BCUT2D eigenvalue weighted by Gasteiger charge is 2.40. The molecule has 0 amide bonds. The molecule has 5 nitrogen and oxygen atoms in total. The fraction of sp³-hybridized carbons (Fsp3) is 0.769. The van der Waals surface area contributed by atoms with E-state index < -0.39 is 0 Å². The van der Waals surface area contributed by atoms with E-state index in [9.17, 15) is 0 Å². The molecule has 0 spiro atoms. The Hall–Kier alpha value is -1.30.